The molecule has 1 aromatic rings. The minimum Gasteiger partial charge on any atom is -0.266 e. The van der Waals surface area contributed by atoms with Gasteiger partial charge < -0.3 is 0 Å². The van der Waals surface area contributed by atoms with E-state index in [1.165, 1.54) is 12.1 Å². The average Bonchev–Trinajstić information content (AvgIpc) is 2.10. The van der Waals surface area contributed by atoms with E-state index >= 15 is 0 Å². The number of rotatable bonds is 1. The van der Waals surface area contributed by atoms with E-state index in [1.54, 1.807) is 19.1 Å². The first-order valence-electron chi connectivity index (χ1n) is 3.53. The van der Waals surface area contributed by atoms with Crippen LogP contribution in [0.15, 0.2) is 23.2 Å². The Morgan fingerprint density at radius 2 is 2.23 bits per heavy atom. The largest absolute Gasteiger partial charge is 0.287 e. The summed E-state index contributed by atoms with van der Waals surface area (Å²) in [4.78, 5) is 23.8. The van der Waals surface area contributed by atoms with Crippen LogP contribution in [0, 0.1) is 6.92 Å². The molecule has 0 aromatic heterocycles. The quantitative estimate of drug-likeness (QED) is 0.509. The molecule has 0 atom stereocenters. The lowest BCUT2D eigenvalue weighted by atomic mass is 10.1. The standard InChI is InChI=1S/C9H6ClNO2/c1-6-4-7(2-3-8(6)10)9(13)11-5-12/h2-4H,1H3. The summed E-state index contributed by atoms with van der Waals surface area (Å²) in [6, 6.07) is 4.68. The number of aliphatic imine (C=N–C) groups is 1. The van der Waals surface area contributed by atoms with E-state index in [4.69, 9.17) is 11.6 Å². The van der Waals surface area contributed by atoms with E-state index < -0.39 is 5.91 Å². The molecule has 1 rings (SSSR count). The predicted octanol–water partition coefficient (Wildman–Crippen LogP) is 2.12. The number of benzene rings is 1. The molecule has 1 amide bonds. The molecule has 13 heavy (non-hydrogen) atoms. The fourth-order valence-electron chi connectivity index (χ4n) is 0.884. The Labute approximate surface area is 80.0 Å². The van der Waals surface area contributed by atoms with Crippen molar-refractivity contribution in [3.63, 3.8) is 0 Å². The zero-order chi connectivity index (χ0) is 9.84. The summed E-state index contributed by atoms with van der Waals surface area (Å²) >= 11 is 5.74. The minimum atomic E-state index is -0.602. The Balaban J connectivity index is 3.10. The van der Waals surface area contributed by atoms with Gasteiger partial charge >= 0.3 is 0 Å². The third-order valence-electron chi connectivity index (χ3n) is 1.55. The lowest BCUT2D eigenvalue weighted by molar-refractivity contribution is 0.100. The van der Waals surface area contributed by atoms with Crippen molar-refractivity contribution in [2.45, 2.75) is 6.92 Å². The maximum atomic E-state index is 11.0. The van der Waals surface area contributed by atoms with E-state index in [2.05, 4.69) is 4.99 Å². The lowest BCUT2D eigenvalue weighted by Gasteiger charge is -1.98. The minimum absolute atomic E-state index is 0.338. The lowest BCUT2D eigenvalue weighted by Crippen LogP contribution is -1.94. The van der Waals surface area contributed by atoms with E-state index in [0.29, 0.717) is 10.6 Å². The SMILES string of the molecule is Cc1cc(C(=O)N=C=O)ccc1Cl. The highest BCUT2D eigenvalue weighted by atomic mass is 35.5. The Morgan fingerprint density at radius 3 is 2.77 bits per heavy atom. The van der Waals surface area contributed by atoms with E-state index in [9.17, 15) is 9.59 Å². The first kappa shape index (κ1) is 9.65. The molecule has 1 aromatic carbocycles. The van der Waals surface area contributed by atoms with Gasteiger partial charge in [-0.25, -0.2) is 4.79 Å². The Hall–Kier alpha value is -1.44. The number of aryl methyl sites for hydroxylation is 1. The highest BCUT2D eigenvalue weighted by molar-refractivity contribution is 6.31. The molecule has 0 N–H and O–H groups in total. The molecule has 0 spiro atoms. The van der Waals surface area contributed by atoms with Crippen LogP contribution in [0.3, 0.4) is 0 Å². The molecular formula is C9H6ClNO2. The van der Waals surface area contributed by atoms with Gasteiger partial charge in [0.1, 0.15) is 0 Å². The number of isocyanates is 1. The summed E-state index contributed by atoms with van der Waals surface area (Å²) in [5.74, 6) is -0.602. The molecule has 0 aliphatic rings. The van der Waals surface area contributed by atoms with E-state index in [-0.39, 0.29) is 0 Å². The van der Waals surface area contributed by atoms with Crippen LogP contribution in [0.25, 0.3) is 0 Å². The second-order valence-electron chi connectivity index (χ2n) is 2.47. The summed E-state index contributed by atoms with van der Waals surface area (Å²) in [6.45, 7) is 1.77. The second kappa shape index (κ2) is 3.99. The van der Waals surface area contributed by atoms with Crippen molar-refractivity contribution in [3.8, 4) is 0 Å². The van der Waals surface area contributed by atoms with Gasteiger partial charge in [-0.1, -0.05) is 11.6 Å². The maximum absolute atomic E-state index is 11.0. The number of nitrogens with zero attached hydrogens (tertiary/aromatic N) is 1. The molecule has 0 aliphatic carbocycles. The van der Waals surface area contributed by atoms with Gasteiger partial charge in [-0.3, -0.25) is 4.79 Å². The van der Waals surface area contributed by atoms with Crippen LogP contribution >= 0.6 is 11.6 Å². The molecule has 0 fully saturated rings. The summed E-state index contributed by atoms with van der Waals surface area (Å²) in [6.07, 6.45) is 1.19. The van der Waals surface area contributed by atoms with Crippen LogP contribution in [-0.4, -0.2) is 12.0 Å². The zero-order valence-electron chi connectivity index (χ0n) is 6.87. The van der Waals surface area contributed by atoms with Crippen LogP contribution in [0.2, 0.25) is 5.02 Å². The number of carbonyl (C=O) groups excluding carboxylic acids is 2. The number of amides is 1. The molecule has 66 valence electrons. The van der Waals surface area contributed by atoms with Gasteiger partial charge in [0.05, 0.1) is 0 Å². The van der Waals surface area contributed by atoms with E-state index in [1.807, 2.05) is 0 Å². The summed E-state index contributed by atoms with van der Waals surface area (Å²) in [5.41, 5.74) is 1.11. The third-order valence-corrected chi connectivity index (χ3v) is 1.98. The second-order valence-corrected chi connectivity index (χ2v) is 2.88. The van der Waals surface area contributed by atoms with Crippen molar-refractivity contribution < 1.29 is 9.59 Å². The van der Waals surface area contributed by atoms with Gasteiger partial charge in [0.2, 0.25) is 6.08 Å². The first-order valence-corrected chi connectivity index (χ1v) is 3.91. The zero-order valence-corrected chi connectivity index (χ0v) is 7.63. The molecular weight excluding hydrogens is 190 g/mol. The molecule has 0 saturated heterocycles. The first-order chi connectivity index (χ1) is 6.15. The topological polar surface area (TPSA) is 46.5 Å². The third kappa shape index (κ3) is 2.25. The molecule has 0 radical (unpaired) electrons. The molecule has 3 nitrogen and oxygen atoms in total. The Morgan fingerprint density at radius 1 is 1.54 bits per heavy atom. The molecule has 0 unspecified atom stereocenters. The molecule has 0 bridgehead atoms. The van der Waals surface area contributed by atoms with Gasteiger partial charge in [-0.2, -0.15) is 0 Å². The average molecular weight is 196 g/mol. The smallest absolute Gasteiger partial charge is 0.266 e. The fourth-order valence-corrected chi connectivity index (χ4v) is 1.00. The molecule has 0 heterocycles. The van der Waals surface area contributed by atoms with Crippen molar-refractivity contribution in [1.82, 2.24) is 0 Å². The van der Waals surface area contributed by atoms with Crippen molar-refractivity contribution in [3.05, 3.63) is 34.3 Å². The van der Waals surface area contributed by atoms with Crippen LogP contribution in [0.5, 0.6) is 0 Å². The predicted molar refractivity (Wildman–Crippen MR) is 48.6 cm³/mol. The maximum Gasteiger partial charge on any atom is 0.287 e. The summed E-state index contributed by atoms with van der Waals surface area (Å²) < 4.78 is 0. The number of hydrogen-bond acceptors (Lipinski definition) is 2. The van der Waals surface area contributed by atoms with Crippen LogP contribution in [-0.2, 0) is 4.79 Å². The molecule has 4 heteroatoms. The number of halogens is 1. The highest BCUT2D eigenvalue weighted by Gasteiger charge is 2.04. The monoisotopic (exact) mass is 195 g/mol. The van der Waals surface area contributed by atoms with Crippen LogP contribution in [0.1, 0.15) is 15.9 Å². The van der Waals surface area contributed by atoms with Gasteiger partial charge in [0.15, 0.2) is 0 Å². The van der Waals surface area contributed by atoms with Crippen molar-refractivity contribution in [1.29, 1.82) is 0 Å². The Kier molecular flexibility index (Phi) is 2.96. The van der Waals surface area contributed by atoms with Crippen LogP contribution in [0.4, 0.5) is 0 Å². The molecule has 0 aliphatic heterocycles. The summed E-state index contributed by atoms with van der Waals surface area (Å²) in [7, 11) is 0. The summed E-state index contributed by atoms with van der Waals surface area (Å²) in [5, 5.41) is 0.576. The Bertz CT molecular complexity index is 395. The van der Waals surface area contributed by atoms with Crippen molar-refractivity contribution in [2.75, 3.05) is 0 Å². The van der Waals surface area contributed by atoms with Crippen molar-refractivity contribution >= 4 is 23.6 Å². The van der Waals surface area contributed by atoms with Gasteiger partial charge in [0, 0.05) is 10.6 Å². The molecule has 0 saturated carbocycles. The van der Waals surface area contributed by atoms with Crippen LogP contribution < -0.4 is 0 Å². The van der Waals surface area contributed by atoms with Gasteiger partial charge in [-0.05, 0) is 30.7 Å². The highest BCUT2D eigenvalue weighted by Crippen LogP contribution is 2.16. The van der Waals surface area contributed by atoms with Gasteiger partial charge in [0.25, 0.3) is 5.91 Å². The van der Waals surface area contributed by atoms with Gasteiger partial charge in [-0.15, -0.1) is 4.99 Å². The number of carbonyl (C=O) groups is 1. The van der Waals surface area contributed by atoms with E-state index in [0.717, 1.165) is 5.56 Å². The van der Waals surface area contributed by atoms with Crippen molar-refractivity contribution in [2.24, 2.45) is 4.99 Å². The fraction of sp³-hybridized carbons (Fsp3) is 0.111. The normalized spacial score (nSPS) is 9.08. The number of hydrogen-bond donors (Lipinski definition) is 0.